The van der Waals surface area contributed by atoms with Crippen molar-refractivity contribution in [2.45, 2.75) is 44.9 Å². The van der Waals surface area contributed by atoms with Gasteiger partial charge in [-0.25, -0.2) is 4.98 Å². The summed E-state index contributed by atoms with van der Waals surface area (Å²) in [7, 11) is 0. The first-order chi connectivity index (χ1) is 11.4. The highest BCUT2D eigenvalue weighted by Gasteiger charge is 2.35. The van der Waals surface area contributed by atoms with E-state index in [9.17, 15) is 9.59 Å². The molecule has 2 amide bonds. The fourth-order valence-corrected chi connectivity index (χ4v) is 3.45. The van der Waals surface area contributed by atoms with E-state index in [4.69, 9.17) is 4.74 Å². The van der Waals surface area contributed by atoms with Crippen LogP contribution in [0.3, 0.4) is 0 Å². The maximum atomic E-state index is 12.5. The number of nitrogens with zero attached hydrogens (tertiary/aromatic N) is 4. The molecule has 1 aromatic rings. The summed E-state index contributed by atoms with van der Waals surface area (Å²) < 4.78 is 5.20. The highest BCUT2D eigenvalue weighted by molar-refractivity contribution is 7.99. The molecule has 1 aliphatic heterocycles. The van der Waals surface area contributed by atoms with Gasteiger partial charge in [0, 0.05) is 31.8 Å². The van der Waals surface area contributed by atoms with Gasteiger partial charge in [-0.15, -0.1) is 5.10 Å². The Bertz CT molecular complexity index is 579. The lowest BCUT2D eigenvalue weighted by Crippen LogP contribution is -2.61. The second-order valence-corrected chi connectivity index (χ2v) is 6.73. The number of piperazine rings is 1. The molecule has 1 aromatic heterocycles. The van der Waals surface area contributed by atoms with Gasteiger partial charge in [-0.05, 0) is 27.7 Å². The Morgan fingerprint density at radius 2 is 1.88 bits per heavy atom. The summed E-state index contributed by atoms with van der Waals surface area (Å²) in [5.41, 5.74) is 0. The van der Waals surface area contributed by atoms with E-state index in [1.54, 1.807) is 4.90 Å². The van der Waals surface area contributed by atoms with E-state index >= 15 is 0 Å². The molecule has 0 bridgehead atoms. The van der Waals surface area contributed by atoms with Gasteiger partial charge in [-0.3, -0.25) is 14.7 Å². The van der Waals surface area contributed by atoms with Gasteiger partial charge in [0.15, 0.2) is 0 Å². The molecule has 1 fully saturated rings. The minimum atomic E-state index is -0.0358. The number of ether oxygens (including phenoxy) is 1. The number of amides is 2. The number of thioether (sulfide) groups is 1. The van der Waals surface area contributed by atoms with E-state index in [1.165, 1.54) is 11.8 Å². The number of carbonyl (C=O) groups excluding carboxylic acids is 2. The van der Waals surface area contributed by atoms with Crippen molar-refractivity contribution in [2.24, 2.45) is 0 Å². The highest BCUT2D eigenvalue weighted by Crippen LogP contribution is 2.20. The fourth-order valence-electron chi connectivity index (χ4n) is 2.72. The van der Waals surface area contributed by atoms with Crippen molar-refractivity contribution >= 4 is 23.6 Å². The summed E-state index contributed by atoms with van der Waals surface area (Å²) in [6, 6.07) is -0.0716. The SMILES string of the molecule is CCOCC(=O)N1CCN(C(=O)CSc2n[nH]c(C)n2)[C@H](C)[C@H]1C. The molecule has 1 saturated heterocycles. The lowest BCUT2D eigenvalue weighted by molar-refractivity contribution is -0.147. The molecule has 134 valence electrons. The molecule has 24 heavy (non-hydrogen) atoms. The molecule has 0 aromatic carbocycles. The van der Waals surface area contributed by atoms with E-state index in [0.717, 1.165) is 5.82 Å². The van der Waals surface area contributed by atoms with E-state index in [2.05, 4.69) is 15.2 Å². The van der Waals surface area contributed by atoms with Gasteiger partial charge in [0.05, 0.1) is 5.75 Å². The van der Waals surface area contributed by atoms with Crippen molar-refractivity contribution in [3.63, 3.8) is 0 Å². The van der Waals surface area contributed by atoms with Crippen LogP contribution >= 0.6 is 11.8 Å². The fraction of sp³-hybridized carbons (Fsp3) is 0.733. The third-order valence-corrected chi connectivity index (χ3v) is 5.07. The van der Waals surface area contributed by atoms with Crippen molar-refractivity contribution in [3.05, 3.63) is 5.82 Å². The first kappa shape index (κ1) is 18.7. The quantitative estimate of drug-likeness (QED) is 0.755. The zero-order valence-electron chi connectivity index (χ0n) is 14.6. The van der Waals surface area contributed by atoms with Gasteiger partial charge in [0.1, 0.15) is 12.4 Å². The molecule has 0 saturated carbocycles. The van der Waals surface area contributed by atoms with Crippen LogP contribution in [0.25, 0.3) is 0 Å². The van der Waals surface area contributed by atoms with E-state index in [-0.39, 0.29) is 30.5 Å². The Balaban J connectivity index is 1.88. The lowest BCUT2D eigenvalue weighted by Gasteiger charge is -2.45. The van der Waals surface area contributed by atoms with Gasteiger partial charge < -0.3 is 14.5 Å². The standard InChI is InChI=1S/C15H25N5O3S/c1-5-23-8-13(21)19-6-7-20(11(3)10(19)2)14(22)9-24-15-16-12(4)17-18-15/h10-11H,5-9H2,1-4H3,(H,16,17,18)/t10-,11-/m1/s1. The number of aryl methyl sites for hydroxylation is 1. The number of hydrogen-bond acceptors (Lipinski definition) is 6. The Morgan fingerprint density at radius 3 is 2.42 bits per heavy atom. The normalized spacial score (nSPS) is 21.2. The average Bonchev–Trinajstić information content (AvgIpc) is 2.98. The number of aromatic nitrogens is 3. The molecule has 0 unspecified atom stereocenters. The zero-order valence-corrected chi connectivity index (χ0v) is 15.4. The van der Waals surface area contributed by atoms with Crippen molar-refractivity contribution in [1.82, 2.24) is 25.0 Å². The number of rotatable bonds is 6. The predicted molar refractivity (Wildman–Crippen MR) is 90.7 cm³/mol. The summed E-state index contributed by atoms with van der Waals surface area (Å²) in [5.74, 6) is 1.04. The van der Waals surface area contributed by atoms with Crippen LogP contribution in [0, 0.1) is 6.92 Å². The summed E-state index contributed by atoms with van der Waals surface area (Å²) in [5, 5.41) is 7.36. The van der Waals surface area contributed by atoms with E-state index in [1.807, 2.05) is 32.6 Å². The molecule has 1 aliphatic rings. The summed E-state index contributed by atoms with van der Waals surface area (Å²) in [4.78, 5) is 32.5. The van der Waals surface area contributed by atoms with Crippen LogP contribution in [0.4, 0.5) is 0 Å². The van der Waals surface area contributed by atoms with Crippen molar-refractivity contribution in [3.8, 4) is 0 Å². The van der Waals surface area contributed by atoms with Crippen molar-refractivity contribution < 1.29 is 14.3 Å². The maximum absolute atomic E-state index is 12.5. The third kappa shape index (κ3) is 4.47. The van der Waals surface area contributed by atoms with Gasteiger partial charge >= 0.3 is 0 Å². The van der Waals surface area contributed by atoms with E-state index in [0.29, 0.717) is 30.6 Å². The number of aromatic amines is 1. The maximum Gasteiger partial charge on any atom is 0.248 e. The van der Waals surface area contributed by atoms with Crippen LogP contribution in [-0.2, 0) is 14.3 Å². The van der Waals surface area contributed by atoms with Crippen LogP contribution < -0.4 is 0 Å². The van der Waals surface area contributed by atoms with Gasteiger partial charge in [0.2, 0.25) is 17.0 Å². The smallest absolute Gasteiger partial charge is 0.248 e. The predicted octanol–water partition coefficient (Wildman–Crippen LogP) is 0.690. The largest absolute Gasteiger partial charge is 0.372 e. The van der Waals surface area contributed by atoms with Crippen LogP contribution in [-0.4, -0.2) is 80.9 Å². The van der Waals surface area contributed by atoms with Crippen LogP contribution in [0.1, 0.15) is 26.6 Å². The topological polar surface area (TPSA) is 91.4 Å². The summed E-state index contributed by atoms with van der Waals surface area (Å²) in [6.45, 7) is 9.32. The minimum Gasteiger partial charge on any atom is -0.372 e. The second-order valence-electron chi connectivity index (χ2n) is 5.78. The summed E-state index contributed by atoms with van der Waals surface area (Å²) >= 11 is 1.32. The Kier molecular flexibility index (Phi) is 6.61. The molecule has 0 spiro atoms. The molecule has 0 aliphatic carbocycles. The average molecular weight is 355 g/mol. The number of H-pyrrole nitrogens is 1. The van der Waals surface area contributed by atoms with Crippen LogP contribution in [0.5, 0.6) is 0 Å². The Labute approximate surface area is 146 Å². The number of nitrogens with one attached hydrogen (secondary N) is 1. The molecule has 1 N–H and O–H groups in total. The Hall–Kier alpha value is -1.61. The minimum absolute atomic E-state index is 0.0196. The highest BCUT2D eigenvalue weighted by atomic mass is 32.2. The number of carbonyl (C=O) groups is 2. The Morgan fingerprint density at radius 1 is 1.25 bits per heavy atom. The van der Waals surface area contributed by atoms with Crippen LogP contribution in [0.2, 0.25) is 0 Å². The number of hydrogen-bond donors (Lipinski definition) is 1. The first-order valence-electron chi connectivity index (χ1n) is 8.12. The molecule has 8 nitrogen and oxygen atoms in total. The van der Waals surface area contributed by atoms with E-state index < -0.39 is 0 Å². The second kappa shape index (κ2) is 8.48. The molecule has 9 heteroatoms. The van der Waals surface area contributed by atoms with Crippen molar-refractivity contribution in [2.75, 3.05) is 32.1 Å². The van der Waals surface area contributed by atoms with Gasteiger partial charge in [-0.2, -0.15) is 0 Å². The third-order valence-electron chi connectivity index (χ3n) is 4.23. The zero-order chi connectivity index (χ0) is 17.7. The molecular weight excluding hydrogens is 330 g/mol. The molecule has 0 radical (unpaired) electrons. The lowest BCUT2D eigenvalue weighted by atomic mass is 10.0. The first-order valence-corrected chi connectivity index (χ1v) is 9.11. The van der Waals surface area contributed by atoms with Crippen molar-refractivity contribution in [1.29, 1.82) is 0 Å². The summed E-state index contributed by atoms with van der Waals surface area (Å²) in [6.07, 6.45) is 0. The van der Waals surface area contributed by atoms with Gasteiger partial charge in [-0.1, -0.05) is 11.8 Å². The monoisotopic (exact) mass is 355 g/mol. The molecule has 2 atom stereocenters. The van der Waals surface area contributed by atoms with Crippen LogP contribution in [0.15, 0.2) is 5.16 Å². The molecule has 2 heterocycles. The molecular formula is C15H25N5O3S. The molecule has 2 rings (SSSR count). The van der Waals surface area contributed by atoms with Gasteiger partial charge in [0.25, 0.3) is 0 Å².